The minimum Gasteiger partial charge on any atom is -0.319 e. The summed E-state index contributed by atoms with van der Waals surface area (Å²) >= 11 is 0. The summed E-state index contributed by atoms with van der Waals surface area (Å²) in [5.41, 5.74) is 4.66. The molecular weight excluding hydrogens is 467 g/mol. The van der Waals surface area contributed by atoms with Crippen LogP contribution in [-0.4, -0.2) is 21.1 Å². The topological polar surface area (TPSA) is 87.7 Å². The van der Waals surface area contributed by atoms with Gasteiger partial charge in [0.15, 0.2) is 0 Å². The zero-order chi connectivity index (χ0) is 26.6. The van der Waals surface area contributed by atoms with Gasteiger partial charge in [0.2, 0.25) is 0 Å². The molecule has 1 amide bonds. The van der Waals surface area contributed by atoms with Gasteiger partial charge in [-0.25, -0.2) is 9.49 Å². The van der Waals surface area contributed by atoms with E-state index < -0.39 is 11.7 Å². The Hall–Kier alpha value is -4.13. The molecule has 190 valence electrons. The van der Waals surface area contributed by atoms with Crippen LogP contribution < -0.4 is 10.9 Å². The third-order valence-corrected chi connectivity index (χ3v) is 6.20. The van der Waals surface area contributed by atoms with E-state index in [2.05, 4.69) is 48.2 Å². The second-order valence-electron chi connectivity index (χ2n) is 10.2. The first-order chi connectivity index (χ1) is 17.6. The molecule has 37 heavy (non-hydrogen) atoms. The number of carbonyl (C=O) groups excluding carboxylic acids is 1. The number of hydrogen-bond acceptors (Lipinski definition) is 4. The Labute approximate surface area is 216 Å². The largest absolute Gasteiger partial charge is 0.319 e. The van der Waals surface area contributed by atoms with Crippen LogP contribution in [0.25, 0.3) is 11.3 Å². The van der Waals surface area contributed by atoms with Crippen molar-refractivity contribution < 1.29 is 9.18 Å². The first-order valence-corrected chi connectivity index (χ1v) is 12.4. The van der Waals surface area contributed by atoms with E-state index in [-0.39, 0.29) is 16.7 Å². The summed E-state index contributed by atoms with van der Waals surface area (Å²) in [5, 5.41) is 9.31. The van der Waals surface area contributed by atoms with Crippen molar-refractivity contribution in [1.29, 1.82) is 0 Å². The highest BCUT2D eigenvalue weighted by Gasteiger charge is 2.16. The van der Waals surface area contributed by atoms with Crippen molar-refractivity contribution in [3.8, 4) is 11.3 Å². The number of anilines is 1. The lowest BCUT2D eigenvalue weighted by molar-refractivity contribution is 0.102. The fourth-order valence-electron chi connectivity index (χ4n) is 4.01. The van der Waals surface area contributed by atoms with Gasteiger partial charge in [0.25, 0.3) is 11.5 Å². The fourth-order valence-corrected chi connectivity index (χ4v) is 4.01. The average Bonchev–Trinajstić information content (AvgIpc) is 2.87. The maximum absolute atomic E-state index is 14.6. The lowest BCUT2D eigenvalue weighted by atomic mass is 9.87. The molecule has 0 fully saturated rings. The number of carbonyl (C=O) groups is 1. The molecule has 2 aromatic carbocycles. The Morgan fingerprint density at radius 1 is 1.03 bits per heavy atom. The number of hydrogen-bond donors (Lipinski definition) is 2. The SMILES string of the molecule is CCCc1ccc(Cc2cc(-c3ccc(F)c(NC(=O)c4ccc(C(C)(C)C)cc4)c3)n[nH]c2=O)nc1. The molecule has 6 nitrogen and oxygen atoms in total. The summed E-state index contributed by atoms with van der Waals surface area (Å²) < 4.78 is 14.6. The minimum atomic E-state index is -0.565. The van der Waals surface area contributed by atoms with Crippen LogP contribution in [0.4, 0.5) is 10.1 Å². The fraction of sp³-hybridized carbons (Fsp3) is 0.267. The number of aromatic nitrogens is 3. The number of aromatic amines is 1. The number of halogens is 1. The van der Waals surface area contributed by atoms with E-state index in [1.165, 1.54) is 12.1 Å². The van der Waals surface area contributed by atoms with Gasteiger partial charge in [-0.1, -0.05) is 52.3 Å². The van der Waals surface area contributed by atoms with E-state index in [4.69, 9.17) is 0 Å². The molecule has 0 unspecified atom stereocenters. The third kappa shape index (κ3) is 6.36. The molecule has 0 aliphatic carbocycles. The Bertz CT molecular complexity index is 1450. The number of amides is 1. The third-order valence-electron chi connectivity index (χ3n) is 6.20. The molecular formula is C30H31FN4O2. The van der Waals surface area contributed by atoms with Crippen molar-refractivity contribution >= 4 is 11.6 Å². The van der Waals surface area contributed by atoms with Gasteiger partial charge in [-0.05, 0) is 65.4 Å². The molecule has 2 aromatic heterocycles. The lowest BCUT2D eigenvalue weighted by Crippen LogP contribution is -2.16. The summed E-state index contributed by atoms with van der Waals surface area (Å²) in [5.74, 6) is -0.978. The summed E-state index contributed by atoms with van der Waals surface area (Å²) in [4.78, 5) is 29.7. The van der Waals surface area contributed by atoms with Gasteiger partial charge < -0.3 is 5.32 Å². The summed E-state index contributed by atoms with van der Waals surface area (Å²) in [6.45, 7) is 8.40. The molecule has 0 atom stereocenters. The van der Waals surface area contributed by atoms with Crippen molar-refractivity contribution in [2.45, 2.75) is 52.4 Å². The smallest absolute Gasteiger partial charge is 0.267 e. The molecule has 0 saturated carbocycles. The molecule has 0 aliphatic rings. The Morgan fingerprint density at radius 3 is 2.43 bits per heavy atom. The van der Waals surface area contributed by atoms with E-state index in [0.717, 1.165) is 29.7 Å². The Balaban J connectivity index is 1.55. The Morgan fingerprint density at radius 2 is 1.78 bits per heavy atom. The van der Waals surface area contributed by atoms with Crippen molar-refractivity contribution in [3.05, 3.63) is 111 Å². The van der Waals surface area contributed by atoms with Crippen molar-refractivity contribution in [2.75, 3.05) is 5.32 Å². The minimum absolute atomic E-state index is 0.0325. The average molecular weight is 499 g/mol. The molecule has 0 radical (unpaired) electrons. The molecule has 2 N–H and O–H groups in total. The van der Waals surface area contributed by atoms with E-state index in [0.29, 0.717) is 28.8 Å². The van der Waals surface area contributed by atoms with Gasteiger partial charge in [-0.15, -0.1) is 0 Å². The van der Waals surface area contributed by atoms with E-state index >= 15 is 0 Å². The lowest BCUT2D eigenvalue weighted by Gasteiger charge is -2.19. The number of benzene rings is 2. The highest BCUT2D eigenvalue weighted by atomic mass is 19.1. The van der Waals surface area contributed by atoms with Crippen LogP contribution in [0, 0.1) is 5.82 Å². The van der Waals surface area contributed by atoms with Crippen LogP contribution in [0.15, 0.2) is 71.7 Å². The number of pyridine rings is 1. The van der Waals surface area contributed by atoms with Crippen LogP contribution in [0.3, 0.4) is 0 Å². The van der Waals surface area contributed by atoms with E-state index in [1.807, 2.05) is 30.5 Å². The first kappa shape index (κ1) is 25.9. The molecule has 0 bridgehead atoms. The normalized spacial score (nSPS) is 11.4. The standard InChI is InChI=1S/C30H31FN4O2/c1-5-6-19-7-13-24(32-18-19)15-22-17-26(34-35-29(22)37)21-10-14-25(31)27(16-21)33-28(36)20-8-11-23(12-9-20)30(2,3)4/h7-14,16-18H,5-6,15H2,1-4H3,(H,33,36)(H,35,37). The van der Waals surface area contributed by atoms with Gasteiger partial charge >= 0.3 is 0 Å². The van der Waals surface area contributed by atoms with Gasteiger partial charge in [0.05, 0.1) is 11.4 Å². The molecule has 0 saturated heterocycles. The van der Waals surface area contributed by atoms with Gasteiger partial charge in [-0.2, -0.15) is 5.10 Å². The number of nitrogens with one attached hydrogen (secondary N) is 2. The predicted octanol–water partition coefficient (Wildman–Crippen LogP) is 6.06. The summed E-state index contributed by atoms with van der Waals surface area (Å²) in [6.07, 6.45) is 4.17. The van der Waals surface area contributed by atoms with Crippen LogP contribution in [0.5, 0.6) is 0 Å². The second-order valence-corrected chi connectivity index (χ2v) is 10.2. The predicted molar refractivity (Wildman–Crippen MR) is 144 cm³/mol. The van der Waals surface area contributed by atoms with E-state index in [9.17, 15) is 14.0 Å². The number of rotatable bonds is 7. The van der Waals surface area contributed by atoms with Crippen LogP contribution in [0.1, 0.15) is 66.9 Å². The molecule has 0 spiro atoms. The highest BCUT2D eigenvalue weighted by Crippen LogP contribution is 2.25. The number of H-pyrrole nitrogens is 1. The van der Waals surface area contributed by atoms with Crippen LogP contribution >= 0.6 is 0 Å². The first-order valence-electron chi connectivity index (χ1n) is 12.4. The number of nitrogens with zero attached hydrogens (tertiary/aromatic N) is 2. The number of aryl methyl sites for hydroxylation is 1. The van der Waals surface area contributed by atoms with Crippen molar-refractivity contribution in [3.63, 3.8) is 0 Å². The monoisotopic (exact) mass is 498 g/mol. The quantitative estimate of drug-likeness (QED) is 0.324. The Kier molecular flexibility index (Phi) is 7.62. The van der Waals surface area contributed by atoms with Gasteiger partial charge in [0, 0.05) is 35.0 Å². The van der Waals surface area contributed by atoms with Gasteiger partial charge in [0.1, 0.15) is 5.82 Å². The molecule has 2 heterocycles. The van der Waals surface area contributed by atoms with Crippen molar-refractivity contribution in [2.24, 2.45) is 0 Å². The van der Waals surface area contributed by atoms with Crippen LogP contribution in [-0.2, 0) is 18.3 Å². The molecule has 7 heteroatoms. The zero-order valence-electron chi connectivity index (χ0n) is 21.6. The highest BCUT2D eigenvalue weighted by molar-refractivity contribution is 6.04. The van der Waals surface area contributed by atoms with E-state index in [1.54, 1.807) is 24.3 Å². The summed E-state index contributed by atoms with van der Waals surface area (Å²) in [6, 6.07) is 17.2. The van der Waals surface area contributed by atoms with Crippen LogP contribution in [0.2, 0.25) is 0 Å². The van der Waals surface area contributed by atoms with Gasteiger partial charge in [-0.3, -0.25) is 14.6 Å². The van der Waals surface area contributed by atoms with Crippen molar-refractivity contribution in [1.82, 2.24) is 15.2 Å². The zero-order valence-corrected chi connectivity index (χ0v) is 21.6. The molecule has 0 aliphatic heterocycles. The second kappa shape index (κ2) is 10.9. The summed E-state index contributed by atoms with van der Waals surface area (Å²) in [7, 11) is 0. The maximum Gasteiger partial charge on any atom is 0.267 e. The maximum atomic E-state index is 14.6. The molecule has 4 rings (SSSR count). The molecule has 4 aromatic rings.